The highest BCUT2D eigenvalue weighted by Gasteiger charge is 2.37. The van der Waals surface area contributed by atoms with Crippen molar-refractivity contribution < 1.29 is 4.79 Å². The second kappa shape index (κ2) is 7.31. The van der Waals surface area contributed by atoms with Crippen molar-refractivity contribution in [3.05, 3.63) is 24.8 Å². The summed E-state index contributed by atoms with van der Waals surface area (Å²) in [6.07, 6.45) is 11.2. The van der Waals surface area contributed by atoms with Crippen molar-refractivity contribution in [2.45, 2.75) is 39.5 Å². The van der Waals surface area contributed by atoms with Crippen LogP contribution in [0.1, 0.15) is 39.5 Å². The molecule has 1 rings (SSSR count). The van der Waals surface area contributed by atoms with Crippen molar-refractivity contribution >= 4 is 5.91 Å². The summed E-state index contributed by atoms with van der Waals surface area (Å²) < 4.78 is 0. The van der Waals surface area contributed by atoms with Gasteiger partial charge in [0.1, 0.15) is 0 Å². The molecule has 0 radical (unpaired) electrons. The van der Waals surface area contributed by atoms with Gasteiger partial charge in [-0.2, -0.15) is 0 Å². The van der Waals surface area contributed by atoms with Crippen LogP contribution in [0.3, 0.4) is 0 Å². The molecule has 0 bridgehead atoms. The van der Waals surface area contributed by atoms with E-state index in [2.05, 4.69) is 25.7 Å². The van der Waals surface area contributed by atoms with E-state index in [4.69, 9.17) is 0 Å². The molecule has 1 aliphatic rings. The molecule has 1 fully saturated rings. The van der Waals surface area contributed by atoms with E-state index in [0.29, 0.717) is 6.54 Å². The fourth-order valence-electron chi connectivity index (χ4n) is 2.25. The molecule has 1 amide bonds. The lowest BCUT2D eigenvalue weighted by Crippen LogP contribution is -2.31. The predicted molar refractivity (Wildman–Crippen MR) is 72.7 cm³/mol. The highest BCUT2D eigenvalue weighted by atomic mass is 16.2. The van der Waals surface area contributed by atoms with E-state index in [9.17, 15) is 4.79 Å². The van der Waals surface area contributed by atoms with Gasteiger partial charge >= 0.3 is 0 Å². The maximum absolute atomic E-state index is 11.4. The molecule has 0 spiro atoms. The van der Waals surface area contributed by atoms with Gasteiger partial charge in [-0.25, -0.2) is 0 Å². The average Bonchev–Trinajstić information content (AvgIpc) is 3.02. The van der Waals surface area contributed by atoms with Crippen LogP contribution in [-0.4, -0.2) is 23.9 Å². The Morgan fingerprint density at radius 2 is 2.18 bits per heavy atom. The fraction of sp³-hybridized carbons (Fsp3) is 0.667. The number of amides is 1. The van der Waals surface area contributed by atoms with Gasteiger partial charge in [-0.3, -0.25) is 4.79 Å². The third-order valence-electron chi connectivity index (χ3n) is 3.43. The summed E-state index contributed by atoms with van der Waals surface area (Å²) in [6.45, 7) is 9.11. The van der Waals surface area contributed by atoms with Crippen LogP contribution in [-0.2, 0) is 4.79 Å². The molecule has 1 aliphatic carbocycles. The fourth-order valence-corrected chi connectivity index (χ4v) is 2.25. The normalized spacial score (nSPS) is 22.7. The van der Waals surface area contributed by atoms with Crippen LogP contribution in [0.2, 0.25) is 0 Å². The highest BCUT2D eigenvalue weighted by Crippen LogP contribution is 2.42. The summed E-state index contributed by atoms with van der Waals surface area (Å²) in [6, 6.07) is 0. The topological polar surface area (TPSA) is 20.3 Å². The van der Waals surface area contributed by atoms with Gasteiger partial charge in [0.05, 0.1) is 0 Å². The van der Waals surface area contributed by atoms with Gasteiger partial charge in [0, 0.05) is 20.0 Å². The Morgan fingerprint density at radius 3 is 2.76 bits per heavy atom. The third kappa shape index (κ3) is 5.20. The van der Waals surface area contributed by atoms with Gasteiger partial charge in [-0.15, -0.1) is 6.58 Å². The zero-order valence-electron chi connectivity index (χ0n) is 11.2. The number of allylic oxidation sites excluding steroid dienone is 2. The molecule has 2 heteroatoms. The second-order valence-corrected chi connectivity index (χ2v) is 4.93. The van der Waals surface area contributed by atoms with Crippen molar-refractivity contribution in [1.29, 1.82) is 0 Å². The lowest BCUT2D eigenvalue weighted by atomic mass is 10.1. The van der Waals surface area contributed by atoms with Crippen LogP contribution in [0.15, 0.2) is 24.8 Å². The number of rotatable bonds is 8. The Bertz CT molecular complexity index is 283. The molecule has 0 unspecified atom stereocenters. The molecule has 0 aromatic carbocycles. The molecule has 0 aromatic heterocycles. The quantitative estimate of drug-likeness (QED) is 0.590. The van der Waals surface area contributed by atoms with Crippen molar-refractivity contribution in [3.63, 3.8) is 0 Å². The molecule has 1 saturated carbocycles. The third-order valence-corrected chi connectivity index (χ3v) is 3.43. The molecule has 0 aliphatic heterocycles. The van der Waals surface area contributed by atoms with Gasteiger partial charge in [0.15, 0.2) is 0 Å². The van der Waals surface area contributed by atoms with Crippen molar-refractivity contribution in [1.82, 2.24) is 4.90 Å². The Labute approximate surface area is 105 Å². The Balaban J connectivity index is 2.19. The van der Waals surface area contributed by atoms with Gasteiger partial charge in [-0.05, 0) is 37.5 Å². The minimum Gasteiger partial charge on any atom is -0.339 e. The first-order chi connectivity index (χ1) is 8.19. The minimum absolute atomic E-state index is 0.168. The van der Waals surface area contributed by atoms with E-state index >= 15 is 0 Å². The summed E-state index contributed by atoms with van der Waals surface area (Å²) in [5.41, 5.74) is 0. The molecule has 0 N–H and O–H groups in total. The number of hydrogen-bond donors (Lipinski definition) is 0. The summed E-state index contributed by atoms with van der Waals surface area (Å²) in [7, 11) is 0. The number of nitrogens with zero attached hydrogens (tertiary/aromatic N) is 1. The van der Waals surface area contributed by atoms with Crippen LogP contribution in [0.4, 0.5) is 0 Å². The van der Waals surface area contributed by atoms with E-state index in [0.717, 1.165) is 24.8 Å². The van der Waals surface area contributed by atoms with Gasteiger partial charge in [0.2, 0.25) is 5.91 Å². The molecule has 96 valence electrons. The van der Waals surface area contributed by atoms with Crippen LogP contribution in [0.5, 0.6) is 0 Å². The van der Waals surface area contributed by atoms with Crippen LogP contribution < -0.4 is 0 Å². The Kier molecular flexibility index (Phi) is 6.03. The van der Waals surface area contributed by atoms with Crippen molar-refractivity contribution in [3.8, 4) is 0 Å². The zero-order chi connectivity index (χ0) is 12.7. The Morgan fingerprint density at radius 1 is 1.41 bits per heavy atom. The number of hydrogen-bond acceptors (Lipinski definition) is 1. The number of carbonyl (C=O) groups excluding carboxylic acids is 1. The van der Waals surface area contributed by atoms with Gasteiger partial charge < -0.3 is 4.90 Å². The standard InChI is InChI=1S/C15H25NO/c1-4-6-7-8-9-14-11-15(14)12-16(10-5-2)13(3)17/h5-7,14-15H,2,4,8-12H2,1,3H3/b7-6-/t14-,15-/m0/s1. The first-order valence-corrected chi connectivity index (χ1v) is 6.70. The van der Waals surface area contributed by atoms with Crippen LogP contribution in [0.25, 0.3) is 0 Å². The molecule has 2 atom stereocenters. The highest BCUT2D eigenvalue weighted by molar-refractivity contribution is 5.73. The maximum Gasteiger partial charge on any atom is 0.219 e. The van der Waals surface area contributed by atoms with E-state index in [1.165, 1.54) is 19.3 Å². The maximum atomic E-state index is 11.4. The number of carbonyl (C=O) groups is 1. The largest absolute Gasteiger partial charge is 0.339 e. The van der Waals surface area contributed by atoms with Crippen LogP contribution >= 0.6 is 0 Å². The van der Waals surface area contributed by atoms with Gasteiger partial charge in [-0.1, -0.05) is 25.2 Å². The molecule has 17 heavy (non-hydrogen) atoms. The minimum atomic E-state index is 0.168. The smallest absolute Gasteiger partial charge is 0.219 e. The molecule has 0 aromatic rings. The molecular formula is C15H25NO. The SMILES string of the molecule is C=CCN(C[C@@H]1C[C@@H]1CC/C=C\CC)C(C)=O. The lowest BCUT2D eigenvalue weighted by molar-refractivity contribution is -0.128. The molecule has 0 saturated heterocycles. The van der Waals surface area contributed by atoms with Crippen molar-refractivity contribution in [2.24, 2.45) is 11.8 Å². The average molecular weight is 235 g/mol. The van der Waals surface area contributed by atoms with Gasteiger partial charge in [0.25, 0.3) is 0 Å². The molecule has 0 heterocycles. The molecular weight excluding hydrogens is 210 g/mol. The predicted octanol–water partition coefficient (Wildman–Crippen LogP) is 3.40. The summed E-state index contributed by atoms with van der Waals surface area (Å²) in [4.78, 5) is 13.3. The molecule has 2 nitrogen and oxygen atoms in total. The van der Waals surface area contributed by atoms with Crippen LogP contribution in [0, 0.1) is 11.8 Å². The zero-order valence-corrected chi connectivity index (χ0v) is 11.2. The second-order valence-electron chi connectivity index (χ2n) is 4.93. The first kappa shape index (κ1) is 14.0. The van der Waals surface area contributed by atoms with E-state index in [-0.39, 0.29) is 5.91 Å². The lowest BCUT2D eigenvalue weighted by Gasteiger charge is -2.19. The summed E-state index contributed by atoms with van der Waals surface area (Å²) in [5.74, 6) is 1.73. The first-order valence-electron chi connectivity index (χ1n) is 6.70. The van der Waals surface area contributed by atoms with Crippen molar-refractivity contribution in [2.75, 3.05) is 13.1 Å². The van der Waals surface area contributed by atoms with E-state index < -0.39 is 0 Å². The van der Waals surface area contributed by atoms with E-state index in [1.54, 1.807) is 6.92 Å². The Hall–Kier alpha value is -1.05. The monoisotopic (exact) mass is 235 g/mol. The summed E-state index contributed by atoms with van der Waals surface area (Å²) in [5, 5.41) is 0. The summed E-state index contributed by atoms with van der Waals surface area (Å²) >= 11 is 0. The van der Waals surface area contributed by atoms with E-state index in [1.807, 2.05) is 11.0 Å².